The molecule has 2 amide bonds. The lowest BCUT2D eigenvalue weighted by Crippen LogP contribution is -2.22. The van der Waals surface area contributed by atoms with Crippen molar-refractivity contribution in [1.29, 1.82) is 0 Å². The number of thiophene rings is 1. The maximum absolute atomic E-state index is 12.2. The van der Waals surface area contributed by atoms with Crippen LogP contribution in [0.25, 0.3) is 0 Å². The summed E-state index contributed by atoms with van der Waals surface area (Å²) in [7, 11) is 1.58. The first-order valence-electron chi connectivity index (χ1n) is 8.21. The van der Waals surface area contributed by atoms with Crippen LogP contribution in [-0.2, 0) is 17.8 Å². The predicted molar refractivity (Wildman–Crippen MR) is 105 cm³/mol. The first-order valence-corrected chi connectivity index (χ1v) is 9.90. The zero-order valence-electron chi connectivity index (χ0n) is 14.6. The van der Waals surface area contributed by atoms with Crippen LogP contribution in [0.5, 0.6) is 5.75 Å². The van der Waals surface area contributed by atoms with E-state index in [2.05, 4.69) is 20.8 Å². The lowest BCUT2D eigenvalue weighted by molar-refractivity contribution is -0.121. The second-order valence-electron chi connectivity index (χ2n) is 5.54. The highest BCUT2D eigenvalue weighted by Crippen LogP contribution is 2.17. The summed E-state index contributed by atoms with van der Waals surface area (Å²) in [6.45, 7) is 0.530. The molecule has 1 aromatic carbocycles. The molecule has 0 bridgehead atoms. The van der Waals surface area contributed by atoms with Crippen LogP contribution in [0.4, 0.5) is 5.69 Å². The highest BCUT2D eigenvalue weighted by atomic mass is 32.1. The number of ether oxygens (including phenoxy) is 1. The number of benzene rings is 1. The van der Waals surface area contributed by atoms with Gasteiger partial charge in [0.2, 0.25) is 10.9 Å². The van der Waals surface area contributed by atoms with Gasteiger partial charge in [-0.15, -0.1) is 21.5 Å². The van der Waals surface area contributed by atoms with Crippen LogP contribution in [0, 0.1) is 0 Å². The van der Waals surface area contributed by atoms with E-state index in [1.54, 1.807) is 42.7 Å². The van der Waals surface area contributed by atoms with E-state index < -0.39 is 0 Å². The Balaban J connectivity index is 1.46. The molecule has 0 saturated heterocycles. The van der Waals surface area contributed by atoms with Crippen molar-refractivity contribution >= 4 is 40.2 Å². The highest BCUT2D eigenvalue weighted by molar-refractivity contribution is 7.13. The smallest absolute Gasteiger partial charge is 0.286 e. The summed E-state index contributed by atoms with van der Waals surface area (Å²) in [6.07, 6.45) is 0.754. The molecule has 0 aliphatic carbocycles. The molecule has 9 heteroatoms. The van der Waals surface area contributed by atoms with Crippen molar-refractivity contribution in [3.05, 3.63) is 56.7 Å². The third-order valence-electron chi connectivity index (χ3n) is 3.61. The third kappa shape index (κ3) is 5.60. The molecular weight excluding hydrogens is 384 g/mol. The number of anilines is 1. The highest BCUT2D eigenvalue weighted by Gasteiger charge is 2.14. The topological polar surface area (TPSA) is 93.2 Å². The third-order valence-corrected chi connectivity index (χ3v) is 5.47. The molecule has 0 aliphatic rings. The van der Waals surface area contributed by atoms with E-state index in [9.17, 15) is 9.59 Å². The molecule has 0 spiro atoms. The Morgan fingerprint density at radius 1 is 1.15 bits per heavy atom. The number of hydrogen-bond donors (Lipinski definition) is 2. The molecule has 0 radical (unpaired) electrons. The molecule has 0 aliphatic heterocycles. The van der Waals surface area contributed by atoms with Crippen molar-refractivity contribution in [2.45, 2.75) is 19.4 Å². The van der Waals surface area contributed by atoms with Crippen LogP contribution in [0.15, 0.2) is 41.8 Å². The largest absolute Gasteiger partial charge is 0.497 e. The summed E-state index contributed by atoms with van der Waals surface area (Å²) >= 11 is 2.79. The van der Waals surface area contributed by atoms with Crippen molar-refractivity contribution in [2.75, 3.05) is 12.4 Å². The van der Waals surface area contributed by atoms with Crippen molar-refractivity contribution in [3.63, 3.8) is 0 Å². The van der Waals surface area contributed by atoms with Gasteiger partial charge in [-0.2, -0.15) is 0 Å². The fraction of sp³-hybridized carbons (Fsp3) is 0.222. The van der Waals surface area contributed by atoms with Gasteiger partial charge in [-0.1, -0.05) is 17.4 Å². The number of methoxy groups -OCH3 is 1. The molecule has 0 atom stereocenters. The van der Waals surface area contributed by atoms with Crippen molar-refractivity contribution in [3.8, 4) is 5.75 Å². The minimum Gasteiger partial charge on any atom is -0.497 e. The Morgan fingerprint density at radius 3 is 2.67 bits per heavy atom. The van der Waals surface area contributed by atoms with Gasteiger partial charge in [0, 0.05) is 23.4 Å². The van der Waals surface area contributed by atoms with Gasteiger partial charge in [0.1, 0.15) is 10.8 Å². The van der Waals surface area contributed by atoms with Gasteiger partial charge in [-0.05, 0) is 35.7 Å². The number of aromatic nitrogens is 2. The fourth-order valence-electron chi connectivity index (χ4n) is 2.21. The lowest BCUT2D eigenvalue weighted by atomic mass is 10.3. The summed E-state index contributed by atoms with van der Waals surface area (Å²) in [4.78, 5) is 25.3. The van der Waals surface area contributed by atoms with Crippen LogP contribution in [0.1, 0.15) is 26.1 Å². The molecule has 3 aromatic rings. The molecule has 2 aromatic heterocycles. The van der Waals surface area contributed by atoms with Gasteiger partial charge in [0.15, 0.2) is 0 Å². The van der Waals surface area contributed by atoms with E-state index in [1.165, 1.54) is 11.3 Å². The van der Waals surface area contributed by atoms with E-state index in [1.807, 2.05) is 17.5 Å². The Morgan fingerprint density at radius 2 is 1.96 bits per heavy atom. The number of rotatable bonds is 8. The van der Waals surface area contributed by atoms with Gasteiger partial charge in [0.25, 0.3) is 5.91 Å². The first kappa shape index (κ1) is 19.0. The van der Waals surface area contributed by atoms with E-state index in [0.29, 0.717) is 35.8 Å². The summed E-state index contributed by atoms with van der Waals surface area (Å²) in [5.41, 5.74) is 0.644. The van der Waals surface area contributed by atoms with Gasteiger partial charge in [-0.3, -0.25) is 9.59 Å². The number of amides is 2. The number of carbonyl (C=O) groups excluding carboxylic acids is 2. The molecule has 2 heterocycles. The molecule has 140 valence electrons. The number of aryl methyl sites for hydroxylation is 1. The number of hydrogen-bond acceptors (Lipinski definition) is 7. The van der Waals surface area contributed by atoms with Gasteiger partial charge >= 0.3 is 0 Å². The molecule has 0 fully saturated rings. The zero-order valence-corrected chi connectivity index (χ0v) is 16.2. The lowest BCUT2D eigenvalue weighted by Gasteiger charge is -2.04. The average molecular weight is 403 g/mol. The van der Waals surface area contributed by atoms with Crippen molar-refractivity contribution in [2.24, 2.45) is 0 Å². The van der Waals surface area contributed by atoms with Crippen molar-refractivity contribution < 1.29 is 14.3 Å². The maximum Gasteiger partial charge on any atom is 0.286 e. The van der Waals surface area contributed by atoms with E-state index in [0.717, 1.165) is 4.88 Å². The quantitative estimate of drug-likeness (QED) is 0.604. The Kier molecular flexibility index (Phi) is 6.50. The van der Waals surface area contributed by atoms with Crippen molar-refractivity contribution in [1.82, 2.24) is 15.5 Å². The SMILES string of the molecule is COc1ccc(NC(=O)c2nnc(CCC(=O)NCc3cccs3)s2)cc1. The van der Waals surface area contributed by atoms with Crippen LogP contribution in [0.3, 0.4) is 0 Å². The molecule has 27 heavy (non-hydrogen) atoms. The summed E-state index contributed by atoms with van der Waals surface area (Å²) in [5, 5.41) is 16.4. The van der Waals surface area contributed by atoms with Crippen LogP contribution in [-0.4, -0.2) is 29.1 Å². The number of nitrogens with one attached hydrogen (secondary N) is 2. The summed E-state index contributed by atoms with van der Waals surface area (Å²) in [6, 6.07) is 10.9. The Labute approximate surface area is 164 Å². The second kappa shape index (κ2) is 9.24. The van der Waals surface area contributed by atoms with E-state index in [4.69, 9.17) is 4.74 Å². The molecule has 7 nitrogen and oxygen atoms in total. The second-order valence-corrected chi connectivity index (χ2v) is 7.63. The fourth-order valence-corrected chi connectivity index (χ4v) is 3.59. The number of carbonyl (C=O) groups is 2. The molecule has 2 N–H and O–H groups in total. The monoisotopic (exact) mass is 402 g/mol. The summed E-state index contributed by atoms with van der Waals surface area (Å²) in [5.74, 6) is 0.331. The Hall–Kier alpha value is -2.78. The standard InChI is InChI=1S/C18H18N4O3S2/c1-25-13-6-4-12(5-7-13)20-17(24)18-22-21-16(27-18)9-8-15(23)19-11-14-3-2-10-26-14/h2-7,10H,8-9,11H2,1H3,(H,19,23)(H,20,24). The van der Waals surface area contributed by atoms with Gasteiger partial charge in [-0.25, -0.2) is 0 Å². The van der Waals surface area contributed by atoms with Crippen LogP contribution >= 0.6 is 22.7 Å². The predicted octanol–water partition coefficient (Wildman–Crippen LogP) is 3.11. The molecular formula is C18H18N4O3S2. The van der Waals surface area contributed by atoms with E-state index >= 15 is 0 Å². The molecule has 0 saturated carbocycles. The summed E-state index contributed by atoms with van der Waals surface area (Å²) < 4.78 is 5.08. The minimum absolute atomic E-state index is 0.0529. The molecule has 3 rings (SSSR count). The van der Waals surface area contributed by atoms with Gasteiger partial charge in [0.05, 0.1) is 13.7 Å². The zero-order chi connectivity index (χ0) is 19.1. The minimum atomic E-state index is -0.328. The van der Waals surface area contributed by atoms with E-state index in [-0.39, 0.29) is 16.8 Å². The first-order chi connectivity index (χ1) is 13.1. The average Bonchev–Trinajstić information content (AvgIpc) is 3.37. The Bertz CT molecular complexity index is 892. The molecule has 0 unspecified atom stereocenters. The van der Waals surface area contributed by atoms with Crippen LogP contribution in [0.2, 0.25) is 0 Å². The normalized spacial score (nSPS) is 10.4. The maximum atomic E-state index is 12.2. The van der Waals surface area contributed by atoms with Crippen LogP contribution < -0.4 is 15.4 Å². The number of nitrogens with zero attached hydrogens (tertiary/aromatic N) is 2. The van der Waals surface area contributed by atoms with Gasteiger partial charge < -0.3 is 15.4 Å².